The van der Waals surface area contributed by atoms with Crippen LogP contribution in [0.3, 0.4) is 0 Å². The normalized spacial score (nSPS) is 32.4. The van der Waals surface area contributed by atoms with Crippen LogP contribution < -0.4 is 0 Å². The molecule has 0 aromatic rings. The second kappa shape index (κ2) is 2.86. The maximum Gasteiger partial charge on any atom is 0.176 e. The Labute approximate surface area is 79.7 Å². The molecule has 0 saturated carbocycles. The number of hydrogen-bond acceptors (Lipinski definition) is 2. The maximum atomic E-state index is 5.35. The molecule has 0 saturated heterocycles. The summed E-state index contributed by atoms with van der Waals surface area (Å²) in [6.45, 7) is 6.85. The molecular weight excluding hydrogens is 162 g/mol. The van der Waals surface area contributed by atoms with Crippen molar-refractivity contribution in [1.82, 2.24) is 0 Å². The fourth-order valence-corrected chi connectivity index (χ4v) is 1.99. The number of fused-ring (bicyclic) bond motifs is 1. The van der Waals surface area contributed by atoms with Gasteiger partial charge in [-0.05, 0) is 30.3 Å². The SMILES string of the molecule is CC(C)(C)C1C=C2OC=NC2CC1. The Morgan fingerprint density at radius 1 is 1.38 bits per heavy atom. The van der Waals surface area contributed by atoms with Gasteiger partial charge >= 0.3 is 0 Å². The zero-order chi connectivity index (χ0) is 9.47. The topological polar surface area (TPSA) is 21.6 Å². The zero-order valence-corrected chi connectivity index (χ0v) is 8.58. The molecular formula is C11H17NO. The van der Waals surface area contributed by atoms with Crippen LogP contribution >= 0.6 is 0 Å². The molecule has 0 N–H and O–H groups in total. The van der Waals surface area contributed by atoms with Crippen LogP contribution in [0.25, 0.3) is 0 Å². The van der Waals surface area contributed by atoms with Crippen molar-refractivity contribution in [3.05, 3.63) is 11.8 Å². The minimum atomic E-state index is 0.332. The van der Waals surface area contributed by atoms with Crippen molar-refractivity contribution in [3.63, 3.8) is 0 Å². The first-order valence-electron chi connectivity index (χ1n) is 4.97. The molecule has 72 valence electrons. The standard InChI is InChI=1S/C11H17NO/c1-11(2,3)8-4-5-9-10(6-8)13-7-12-9/h6-9H,4-5H2,1-3H3. The molecule has 2 unspecified atom stereocenters. The van der Waals surface area contributed by atoms with Gasteiger partial charge in [0, 0.05) is 0 Å². The molecule has 1 heterocycles. The van der Waals surface area contributed by atoms with Gasteiger partial charge in [-0.2, -0.15) is 0 Å². The van der Waals surface area contributed by atoms with E-state index >= 15 is 0 Å². The van der Waals surface area contributed by atoms with Gasteiger partial charge in [0.2, 0.25) is 0 Å². The molecule has 1 aliphatic heterocycles. The highest BCUT2D eigenvalue weighted by Gasteiger charge is 2.32. The summed E-state index contributed by atoms with van der Waals surface area (Å²) < 4.78 is 5.35. The van der Waals surface area contributed by atoms with Crippen LogP contribution in [-0.2, 0) is 4.74 Å². The van der Waals surface area contributed by atoms with E-state index in [9.17, 15) is 0 Å². The summed E-state index contributed by atoms with van der Waals surface area (Å²) in [5.41, 5.74) is 0.351. The lowest BCUT2D eigenvalue weighted by Gasteiger charge is -2.32. The smallest absolute Gasteiger partial charge is 0.176 e. The van der Waals surface area contributed by atoms with Gasteiger partial charge in [0.25, 0.3) is 0 Å². The van der Waals surface area contributed by atoms with Gasteiger partial charge in [-0.1, -0.05) is 20.8 Å². The van der Waals surface area contributed by atoms with Crippen molar-refractivity contribution in [2.75, 3.05) is 0 Å². The van der Waals surface area contributed by atoms with E-state index < -0.39 is 0 Å². The first kappa shape index (κ1) is 8.79. The predicted molar refractivity (Wildman–Crippen MR) is 53.6 cm³/mol. The van der Waals surface area contributed by atoms with Crippen LogP contribution in [-0.4, -0.2) is 12.4 Å². The van der Waals surface area contributed by atoms with E-state index in [4.69, 9.17) is 4.74 Å². The predicted octanol–water partition coefficient (Wildman–Crippen LogP) is 2.75. The number of aliphatic imine (C=N–C) groups is 1. The Balaban J connectivity index is 2.16. The lowest BCUT2D eigenvalue weighted by Crippen LogP contribution is -2.25. The summed E-state index contributed by atoms with van der Waals surface area (Å²) in [5, 5.41) is 0. The van der Waals surface area contributed by atoms with Gasteiger partial charge < -0.3 is 4.74 Å². The van der Waals surface area contributed by atoms with E-state index in [0.29, 0.717) is 17.4 Å². The Kier molecular flexibility index (Phi) is 1.94. The van der Waals surface area contributed by atoms with E-state index in [0.717, 1.165) is 12.2 Å². The van der Waals surface area contributed by atoms with E-state index in [1.54, 1.807) is 6.40 Å². The molecule has 2 aliphatic rings. The van der Waals surface area contributed by atoms with Gasteiger partial charge in [0.05, 0.1) is 0 Å². The molecule has 1 aliphatic carbocycles. The highest BCUT2D eigenvalue weighted by molar-refractivity contribution is 5.54. The summed E-state index contributed by atoms with van der Waals surface area (Å²) in [7, 11) is 0. The van der Waals surface area contributed by atoms with Crippen molar-refractivity contribution in [2.24, 2.45) is 16.3 Å². The summed E-state index contributed by atoms with van der Waals surface area (Å²) in [5.74, 6) is 1.71. The Bertz CT molecular complexity index is 260. The quantitative estimate of drug-likeness (QED) is 0.560. The van der Waals surface area contributed by atoms with Crippen molar-refractivity contribution in [1.29, 1.82) is 0 Å². The van der Waals surface area contributed by atoms with Crippen LogP contribution in [0.4, 0.5) is 0 Å². The molecule has 0 fully saturated rings. The maximum absolute atomic E-state index is 5.35. The average molecular weight is 179 g/mol. The summed E-state index contributed by atoms with van der Waals surface area (Å²) in [4.78, 5) is 4.26. The molecule has 2 nitrogen and oxygen atoms in total. The molecule has 0 aromatic carbocycles. The highest BCUT2D eigenvalue weighted by Crippen LogP contribution is 2.38. The number of hydrogen-bond donors (Lipinski definition) is 0. The third kappa shape index (κ3) is 1.62. The third-order valence-corrected chi connectivity index (χ3v) is 2.99. The van der Waals surface area contributed by atoms with Crippen LogP contribution in [0.1, 0.15) is 33.6 Å². The molecule has 0 radical (unpaired) electrons. The van der Waals surface area contributed by atoms with Crippen LogP contribution in [0.15, 0.2) is 16.8 Å². The number of allylic oxidation sites excluding steroid dienone is 1. The van der Waals surface area contributed by atoms with Gasteiger partial charge in [0.1, 0.15) is 11.8 Å². The Morgan fingerprint density at radius 3 is 2.85 bits per heavy atom. The largest absolute Gasteiger partial charge is 0.449 e. The van der Waals surface area contributed by atoms with Crippen molar-refractivity contribution in [2.45, 2.75) is 39.7 Å². The monoisotopic (exact) mass is 179 g/mol. The summed E-state index contributed by atoms with van der Waals surface area (Å²) >= 11 is 0. The number of rotatable bonds is 0. The lowest BCUT2D eigenvalue weighted by molar-refractivity contribution is 0.243. The van der Waals surface area contributed by atoms with Crippen LogP contribution in [0, 0.1) is 11.3 Å². The molecule has 0 aromatic heterocycles. The van der Waals surface area contributed by atoms with E-state index in [1.165, 1.54) is 6.42 Å². The van der Waals surface area contributed by atoms with E-state index in [-0.39, 0.29) is 0 Å². The molecule has 0 bridgehead atoms. The number of nitrogens with zero attached hydrogens (tertiary/aromatic N) is 1. The van der Waals surface area contributed by atoms with Gasteiger partial charge in [-0.25, -0.2) is 4.99 Å². The second-order valence-electron chi connectivity index (χ2n) is 5.01. The molecule has 2 atom stereocenters. The average Bonchev–Trinajstić information content (AvgIpc) is 2.47. The molecule has 13 heavy (non-hydrogen) atoms. The van der Waals surface area contributed by atoms with Gasteiger partial charge in [-0.3, -0.25) is 0 Å². The van der Waals surface area contributed by atoms with Crippen LogP contribution in [0.2, 0.25) is 0 Å². The van der Waals surface area contributed by atoms with Crippen molar-refractivity contribution < 1.29 is 4.74 Å². The fourth-order valence-electron chi connectivity index (χ4n) is 1.99. The van der Waals surface area contributed by atoms with Gasteiger partial charge in [0.15, 0.2) is 6.40 Å². The molecule has 0 spiro atoms. The molecule has 2 rings (SSSR count). The van der Waals surface area contributed by atoms with E-state index in [2.05, 4.69) is 31.8 Å². The minimum absolute atomic E-state index is 0.332. The fraction of sp³-hybridized carbons (Fsp3) is 0.727. The first-order valence-corrected chi connectivity index (χ1v) is 4.97. The highest BCUT2D eigenvalue weighted by atomic mass is 16.5. The molecule has 0 amide bonds. The zero-order valence-electron chi connectivity index (χ0n) is 8.58. The Morgan fingerprint density at radius 2 is 2.15 bits per heavy atom. The second-order valence-corrected chi connectivity index (χ2v) is 5.01. The summed E-state index contributed by atoms with van der Waals surface area (Å²) in [6.07, 6.45) is 6.23. The van der Waals surface area contributed by atoms with Gasteiger partial charge in [-0.15, -0.1) is 0 Å². The lowest BCUT2D eigenvalue weighted by atomic mass is 9.74. The van der Waals surface area contributed by atoms with Crippen LogP contribution in [0.5, 0.6) is 0 Å². The van der Waals surface area contributed by atoms with Crippen molar-refractivity contribution >= 4 is 6.40 Å². The third-order valence-electron chi connectivity index (χ3n) is 2.99. The summed E-state index contributed by atoms with van der Waals surface area (Å²) in [6, 6.07) is 0.332. The number of ether oxygens (including phenoxy) is 1. The van der Waals surface area contributed by atoms with Crippen molar-refractivity contribution in [3.8, 4) is 0 Å². The molecule has 2 heteroatoms. The minimum Gasteiger partial charge on any atom is -0.449 e. The van der Waals surface area contributed by atoms with E-state index in [1.807, 2.05) is 0 Å². The Hall–Kier alpha value is -0.790. The first-order chi connectivity index (χ1) is 6.07.